The first-order chi connectivity index (χ1) is 15.6. The van der Waals surface area contributed by atoms with Crippen molar-refractivity contribution in [1.82, 2.24) is 4.57 Å². The van der Waals surface area contributed by atoms with Gasteiger partial charge < -0.3 is 29.2 Å². The molecule has 0 amide bonds. The average Bonchev–Trinajstić information content (AvgIpc) is 3.07. The first-order valence-corrected chi connectivity index (χ1v) is 10.6. The van der Waals surface area contributed by atoms with Crippen molar-refractivity contribution in [3.63, 3.8) is 0 Å². The number of benzene rings is 2. The van der Waals surface area contributed by atoms with Crippen LogP contribution in [-0.4, -0.2) is 38.3 Å². The van der Waals surface area contributed by atoms with Gasteiger partial charge in [0, 0.05) is 22.7 Å². The van der Waals surface area contributed by atoms with Gasteiger partial charge in [-0.2, -0.15) is 0 Å². The fourth-order valence-corrected chi connectivity index (χ4v) is 3.88. The standard InChI is InChI=1S/C25H31FN2O5/c1-8-33-19-10-14(9-16(22(19)31-6)25(2,3)4)17(29)13-28-12-15-11-18(30-5)23(32-7)21(26)20(15)24(28)27/h9-12H,8,13,27H2,1-7H3. The van der Waals surface area contributed by atoms with Crippen LogP contribution in [0.15, 0.2) is 24.4 Å². The van der Waals surface area contributed by atoms with E-state index in [0.717, 1.165) is 5.56 Å². The van der Waals surface area contributed by atoms with Crippen molar-refractivity contribution in [3.05, 3.63) is 41.3 Å². The number of hydrogen-bond donors (Lipinski definition) is 1. The molecule has 2 N–H and O–H groups in total. The molecule has 0 aliphatic carbocycles. The van der Waals surface area contributed by atoms with Crippen LogP contribution >= 0.6 is 0 Å². The third kappa shape index (κ3) is 4.42. The van der Waals surface area contributed by atoms with E-state index < -0.39 is 5.82 Å². The molecule has 0 saturated carbocycles. The first-order valence-electron chi connectivity index (χ1n) is 10.6. The fourth-order valence-electron chi connectivity index (χ4n) is 3.88. The second kappa shape index (κ2) is 9.21. The van der Waals surface area contributed by atoms with E-state index in [1.807, 2.05) is 33.8 Å². The van der Waals surface area contributed by atoms with Crippen LogP contribution in [0.25, 0.3) is 10.8 Å². The van der Waals surface area contributed by atoms with E-state index >= 15 is 4.39 Å². The van der Waals surface area contributed by atoms with E-state index in [2.05, 4.69) is 0 Å². The molecular weight excluding hydrogens is 427 g/mol. The number of halogens is 1. The molecule has 8 heteroatoms. The number of carbonyl (C=O) groups is 1. The summed E-state index contributed by atoms with van der Waals surface area (Å²) in [6.45, 7) is 8.33. The summed E-state index contributed by atoms with van der Waals surface area (Å²) < 4.78 is 38.3. The molecular formula is C25H31FN2O5. The summed E-state index contributed by atoms with van der Waals surface area (Å²) in [7, 11) is 4.37. The fraction of sp³-hybridized carbons (Fsp3) is 0.400. The highest BCUT2D eigenvalue weighted by atomic mass is 19.1. The Labute approximate surface area is 193 Å². The first kappa shape index (κ1) is 24.2. The number of carbonyl (C=O) groups excluding carboxylic acids is 1. The van der Waals surface area contributed by atoms with Crippen LogP contribution in [-0.2, 0) is 12.0 Å². The number of rotatable bonds is 8. The van der Waals surface area contributed by atoms with Crippen molar-refractivity contribution in [3.8, 4) is 23.0 Å². The van der Waals surface area contributed by atoms with Crippen molar-refractivity contribution in [2.24, 2.45) is 0 Å². The molecule has 0 aliphatic heterocycles. The van der Waals surface area contributed by atoms with E-state index in [-0.39, 0.29) is 40.4 Å². The zero-order valence-electron chi connectivity index (χ0n) is 20.2. The molecule has 0 unspecified atom stereocenters. The van der Waals surface area contributed by atoms with Gasteiger partial charge in [0.25, 0.3) is 0 Å². The second-order valence-electron chi connectivity index (χ2n) is 8.69. The molecule has 7 nitrogen and oxygen atoms in total. The van der Waals surface area contributed by atoms with Gasteiger partial charge in [-0.05, 0) is 30.5 Å². The zero-order valence-corrected chi connectivity index (χ0v) is 20.2. The van der Waals surface area contributed by atoms with Gasteiger partial charge in [0.2, 0.25) is 0 Å². The predicted octanol–water partition coefficient (Wildman–Crippen LogP) is 4.97. The number of nitrogens with two attached hydrogens (primary N) is 1. The third-order valence-corrected chi connectivity index (χ3v) is 5.51. The maximum absolute atomic E-state index is 15.0. The highest BCUT2D eigenvalue weighted by Gasteiger charge is 2.26. The van der Waals surface area contributed by atoms with E-state index in [9.17, 15) is 4.79 Å². The van der Waals surface area contributed by atoms with Crippen LogP contribution in [0.4, 0.5) is 10.2 Å². The van der Waals surface area contributed by atoms with Gasteiger partial charge >= 0.3 is 0 Å². The van der Waals surface area contributed by atoms with E-state index in [4.69, 9.17) is 24.7 Å². The highest BCUT2D eigenvalue weighted by molar-refractivity contribution is 6.00. The summed E-state index contributed by atoms with van der Waals surface area (Å²) in [5.41, 5.74) is 7.25. The minimum absolute atomic E-state index is 0.0351. The molecule has 3 rings (SSSR count). The predicted molar refractivity (Wildman–Crippen MR) is 127 cm³/mol. The molecule has 3 aromatic rings. The number of aromatic nitrogens is 1. The smallest absolute Gasteiger partial charge is 0.197 e. The van der Waals surface area contributed by atoms with Crippen LogP contribution in [0.2, 0.25) is 0 Å². The molecule has 178 valence electrons. The summed E-state index contributed by atoms with van der Waals surface area (Å²) in [6.07, 6.45) is 1.63. The Hall–Kier alpha value is -3.42. The Balaban J connectivity index is 2.08. The summed E-state index contributed by atoms with van der Waals surface area (Å²) in [5, 5.41) is 0.691. The Kier molecular flexibility index (Phi) is 6.76. The molecule has 0 radical (unpaired) electrons. The number of ether oxygens (including phenoxy) is 4. The molecule has 0 spiro atoms. The van der Waals surface area contributed by atoms with Crippen molar-refractivity contribution in [1.29, 1.82) is 0 Å². The number of Topliss-reactive ketones (excluding diaryl/α,β-unsaturated/α-hetero) is 1. The molecule has 0 saturated heterocycles. The number of ketones is 1. The lowest BCUT2D eigenvalue weighted by molar-refractivity contribution is 0.0972. The van der Waals surface area contributed by atoms with Crippen molar-refractivity contribution in [2.75, 3.05) is 33.7 Å². The normalized spacial score (nSPS) is 11.5. The van der Waals surface area contributed by atoms with E-state index in [1.165, 1.54) is 18.8 Å². The number of fused-ring (bicyclic) bond motifs is 1. The van der Waals surface area contributed by atoms with Crippen molar-refractivity contribution in [2.45, 2.75) is 39.7 Å². The lowest BCUT2D eigenvalue weighted by atomic mass is 9.84. The van der Waals surface area contributed by atoms with Gasteiger partial charge in [-0.15, -0.1) is 0 Å². The van der Waals surface area contributed by atoms with Gasteiger partial charge in [-0.25, -0.2) is 4.39 Å². The zero-order chi connectivity index (χ0) is 24.5. The molecule has 33 heavy (non-hydrogen) atoms. The molecule has 1 aromatic heterocycles. The number of anilines is 1. The van der Waals surface area contributed by atoms with Crippen molar-refractivity contribution >= 4 is 22.4 Å². The van der Waals surface area contributed by atoms with Crippen LogP contribution in [0.1, 0.15) is 43.6 Å². The van der Waals surface area contributed by atoms with Gasteiger partial charge in [-0.3, -0.25) is 4.79 Å². The minimum atomic E-state index is -0.631. The van der Waals surface area contributed by atoms with E-state index in [1.54, 1.807) is 25.4 Å². The van der Waals surface area contributed by atoms with Gasteiger partial charge in [0.05, 0.1) is 39.9 Å². The third-order valence-electron chi connectivity index (χ3n) is 5.51. The van der Waals surface area contributed by atoms with Gasteiger partial charge in [0.1, 0.15) is 5.82 Å². The molecule has 0 fully saturated rings. The van der Waals surface area contributed by atoms with Crippen LogP contribution in [0.5, 0.6) is 23.0 Å². The minimum Gasteiger partial charge on any atom is -0.493 e. The number of hydrogen-bond acceptors (Lipinski definition) is 6. The number of nitrogen functional groups attached to an aromatic ring is 1. The maximum Gasteiger partial charge on any atom is 0.197 e. The largest absolute Gasteiger partial charge is 0.493 e. The second-order valence-corrected chi connectivity index (χ2v) is 8.69. The van der Waals surface area contributed by atoms with Gasteiger partial charge in [0.15, 0.2) is 34.6 Å². The Morgan fingerprint density at radius 1 is 1.03 bits per heavy atom. The Morgan fingerprint density at radius 2 is 1.70 bits per heavy atom. The Morgan fingerprint density at radius 3 is 2.24 bits per heavy atom. The van der Waals surface area contributed by atoms with Crippen molar-refractivity contribution < 1.29 is 28.1 Å². The monoisotopic (exact) mass is 458 g/mol. The molecule has 0 bridgehead atoms. The lowest BCUT2D eigenvalue weighted by Gasteiger charge is -2.25. The highest BCUT2D eigenvalue weighted by Crippen LogP contribution is 2.41. The van der Waals surface area contributed by atoms with Crippen LogP contribution in [0, 0.1) is 5.82 Å². The van der Waals surface area contributed by atoms with E-state index in [0.29, 0.717) is 29.1 Å². The number of methoxy groups -OCH3 is 3. The lowest BCUT2D eigenvalue weighted by Crippen LogP contribution is -2.17. The van der Waals surface area contributed by atoms with Gasteiger partial charge in [-0.1, -0.05) is 20.8 Å². The average molecular weight is 459 g/mol. The molecule has 1 heterocycles. The summed E-state index contributed by atoms with van der Waals surface area (Å²) in [5.74, 6) is 0.621. The maximum atomic E-state index is 15.0. The van der Waals surface area contributed by atoms with Crippen LogP contribution in [0.3, 0.4) is 0 Å². The topological polar surface area (TPSA) is 84.9 Å². The molecule has 0 aliphatic rings. The van der Waals surface area contributed by atoms with Crippen LogP contribution < -0.4 is 24.7 Å². The Bertz CT molecular complexity index is 1190. The SMILES string of the molecule is CCOc1cc(C(=O)Cn2cc3cc(OC)c(OC)c(F)c3c2N)cc(C(C)(C)C)c1OC. The summed E-state index contributed by atoms with van der Waals surface area (Å²) in [4.78, 5) is 13.3. The summed E-state index contributed by atoms with van der Waals surface area (Å²) in [6, 6.07) is 5.12. The molecule has 2 aromatic carbocycles. The summed E-state index contributed by atoms with van der Waals surface area (Å²) >= 11 is 0. The quantitative estimate of drug-likeness (QED) is 0.480. The number of nitrogens with zero attached hydrogens (tertiary/aromatic N) is 1. The molecule has 0 atom stereocenters.